The molecule has 5 aliphatic carbocycles. The van der Waals surface area contributed by atoms with Crippen molar-refractivity contribution in [2.24, 2.45) is 39.5 Å². The summed E-state index contributed by atoms with van der Waals surface area (Å²) in [6, 6.07) is 0.679. The molecule has 0 saturated heterocycles. The predicted octanol–water partition coefficient (Wildman–Crippen LogP) is 7.19. The molecule has 1 nitrogen and oxygen atoms in total. The Labute approximate surface area is 161 Å². The zero-order valence-corrected chi connectivity index (χ0v) is 17.4. The fourth-order valence-corrected chi connectivity index (χ4v) is 8.73. The van der Waals surface area contributed by atoms with Crippen molar-refractivity contribution in [3.63, 3.8) is 0 Å². The Morgan fingerprint density at radius 1 is 0.731 bits per heavy atom. The Balaban J connectivity index is 1.39. The first kappa shape index (κ1) is 17.7. The third-order valence-electron chi connectivity index (χ3n) is 10.2. The summed E-state index contributed by atoms with van der Waals surface area (Å²) >= 11 is 0. The maximum Gasteiger partial charge on any atom is 0.0499 e. The zero-order valence-electron chi connectivity index (χ0n) is 17.4. The van der Waals surface area contributed by atoms with E-state index in [1.54, 1.807) is 18.6 Å². The minimum Gasteiger partial charge on any atom is -0.290 e. The molecule has 4 unspecified atom stereocenters. The highest BCUT2D eigenvalue weighted by Crippen LogP contribution is 2.65. The summed E-state index contributed by atoms with van der Waals surface area (Å²) in [4.78, 5) is 5.44. The highest BCUT2D eigenvalue weighted by atomic mass is 14.8. The van der Waals surface area contributed by atoms with Gasteiger partial charge in [0, 0.05) is 17.2 Å². The summed E-state index contributed by atoms with van der Waals surface area (Å²) in [5.74, 6) is 4.07. The van der Waals surface area contributed by atoms with Gasteiger partial charge in [0.05, 0.1) is 0 Å². The number of hydrogen-bond acceptors (Lipinski definition) is 1. The van der Waals surface area contributed by atoms with E-state index < -0.39 is 0 Å². The first-order valence-corrected chi connectivity index (χ1v) is 12.2. The Kier molecular flexibility index (Phi) is 4.52. The van der Waals surface area contributed by atoms with Crippen LogP contribution in [0.4, 0.5) is 0 Å². The van der Waals surface area contributed by atoms with Crippen LogP contribution in [0.1, 0.15) is 110 Å². The molecule has 0 amide bonds. The third-order valence-corrected chi connectivity index (χ3v) is 10.2. The summed E-state index contributed by atoms with van der Waals surface area (Å²) in [7, 11) is 0. The molecular formula is C25H41N. The van der Waals surface area contributed by atoms with Gasteiger partial charge in [-0.15, -0.1) is 0 Å². The van der Waals surface area contributed by atoms with Crippen molar-refractivity contribution in [2.45, 2.75) is 116 Å². The second-order valence-corrected chi connectivity index (χ2v) is 11.3. The molecule has 0 heterocycles. The van der Waals surface area contributed by atoms with Crippen LogP contribution in [-0.4, -0.2) is 11.8 Å². The number of fused-ring (bicyclic) bond motifs is 5. The molecule has 5 rings (SSSR count). The van der Waals surface area contributed by atoms with Gasteiger partial charge in [0.2, 0.25) is 0 Å². The lowest BCUT2D eigenvalue weighted by Gasteiger charge is -2.60. The van der Waals surface area contributed by atoms with E-state index in [2.05, 4.69) is 13.8 Å². The van der Waals surface area contributed by atoms with E-state index in [0.29, 0.717) is 16.9 Å². The molecule has 0 aliphatic heterocycles. The Morgan fingerprint density at radius 2 is 1.54 bits per heavy atom. The second kappa shape index (κ2) is 6.63. The summed E-state index contributed by atoms with van der Waals surface area (Å²) in [6.07, 6.45) is 22.0. The Bertz CT molecular complexity index is 559. The first-order valence-electron chi connectivity index (χ1n) is 12.2. The minimum atomic E-state index is 0.469. The SMILES string of the molecule is C[C@]12CCCCC1CCC1C2CC[C@]2(C)C(=NC3CCCCC3)CCC12. The van der Waals surface area contributed by atoms with Gasteiger partial charge in [0.1, 0.15) is 0 Å². The van der Waals surface area contributed by atoms with E-state index in [1.807, 2.05) is 0 Å². The lowest BCUT2D eigenvalue weighted by Crippen LogP contribution is -2.52. The highest BCUT2D eigenvalue weighted by Gasteiger charge is 2.58. The maximum atomic E-state index is 5.44. The van der Waals surface area contributed by atoms with Crippen molar-refractivity contribution >= 4 is 5.71 Å². The lowest BCUT2D eigenvalue weighted by atomic mass is 9.45. The van der Waals surface area contributed by atoms with Crippen LogP contribution in [0.5, 0.6) is 0 Å². The fraction of sp³-hybridized carbons (Fsp3) is 0.960. The summed E-state index contributed by atoms with van der Waals surface area (Å²) < 4.78 is 0. The van der Waals surface area contributed by atoms with Crippen LogP contribution in [0, 0.1) is 34.5 Å². The summed E-state index contributed by atoms with van der Waals surface area (Å²) in [5, 5.41) is 0. The van der Waals surface area contributed by atoms with Gasteiger partial charge in [-0.2, -0.15) is 0 Å². The van der Waals surface area contributed by atoms with Crippen LogP contribution < -0.4 is 0 Å². The molecule has 0 spiro atoms. The molecule has 0 aromatic heterocycles. The normalized spacial score (nSPS) is 50.9. The molecule has 5 aliphatic rings. The van der Waals surface area contributed by atoms with E-state index in [4.69, 9.17) is 4.99 Å². The molecule has 26 heavy (non-hydrogen) atoms. The maximum absolute atomic E-state index is 5.44. The van der Waals surface area contributed by atoms with E-state index >= 15 is 0 Å². The van der Waals surface area contributed by atoms with Gasteiger partial charge in [-0.1, -0.05) is 46.0 Å². The molecule has 6 atom stereocenters. The van der Waals surface area contributed by atoms with Gasteiger partial charge in [0.15, 0.2) is 0 Å². The fourth-order valence-electron chi connectivity index (χ4n) is 8.73. The van der Waals surface area contributed by atoms with Gasteiger partial charge in [-0.05, 0) is 93.3 Å². The zero-order chi connectivity index (χ0) is 17.8. The van der Waals surface area contributed by atoms with Gasteiger partial charge in [-0.3, -0.25) is 4.99 Å². The molecule has 0 bridgehead atoms. The van der Waals surface area contributed by atoms with Crippen molar-refractivity contribution in [2.75, 3.05) is 0 Å². The average molecular weight is 356 g/mol. The largest absolute Gasteiger partial charge is 0.290 e. The van der Waals surface area contributed by atoms with Gasteiger partial charge in [0.25, 0.3) is 0 Å². The molecule has 5 saturated carbocycles. The smallest absolute Gasteiger partial charge is 0.0499 e. The van der Waals surface area contributed by atoms with Crippen LogP contribution in [0.15, 0.2) is 4.99 Å². The van der Waals surface area contributed by atoms with Gasteiger partial charge in [-0.25, -0.2) is 0 Å². The van der Waals surface area contributed by atoms with Crippen molar-refractivity contribution in [3.8, 4) is 0 Å². The molecule has 146 valence electrons. The van der Waals surface area contributed by atoms with Crippen molar-refractivity contribution < 1.29 is 0 Å². The molecule has 0 radical (unpaired) electrons. The van der Waals surface area contributed by atoms with Crippen LogP contribution in [0.2, 0.25) is 0 Å². The van der Waals surface area contributed by atoms with E-state index in [0.717, 1.165) is 23.7 Å². The van der Waals surface area contributed by atoms with Crippen LogP contribution >= 0.6 is 0 Å². The van der Waals surface area contributed by atoms with Crippen molar-refractivity contribution in [3.05, 3.63) is 0 Å². The number of aliphatic imine (C=N–C) groups is 1. The number of rotatable bonds is 1. The van der Waals surface area contributed by atoms with Gasteiger partial charge < -0.3 is 0 Å². The molecule has 5 fully saturated rings. The van der Waals surface area contributed by atoms with Crippen molar-refractivity contribution in [1.82, 2.24) is 0 Å². The first-order chi connectivity index (χ1) is 12.6. The molecule has 0 N–H and O–H groups in total. The van der Waals surface area contributed by atoms with E-state index in [-0.39, 0.29) is 0 Å². The monoisotopic (exact) mass is 355 g/mol. The Hall–Kier alpha value is -0.330. The standard InChI is InChI=1S/C25H41N/c1-24-16-7-6-8-18(24)11-12-20-21-13-14-23(25(21,2)17-15-22(20)24)26-19-9-4-3-5-10-19/h18-22H,3-17H2,1-2H3/t18?,20?,21?,22?,24-,25-/m0/s1. The highest BCUT2D eigenvalue weighted by molar-refractivity contribution is 5.92. The van der Waals surface area contributed by atoms with Gasteiger partial charge >= 0.3 is 0 Å². The molecule has 1 heteroatoms. The summed E-state index contributed by atoms with van der Waals surface area (Å²) in [6.45, 7) is 5.35. The van der Waals surface area contributed by atoms with E-state index in [1.165, 1.54) is 83.5 Å². The molecular weight excluding hydrogens is 314 g/mol. The minimum absolute atomic E-state index is 0.469. The number of hydrogen-bond donors (Lipinski definition) is 0. The predicted molar refractivity (Wildman–Crippen MR) is 111 cm³/mol. The van der Waals surface area contributed by atoms with Crippen molar-refractivity contribution in [1.29, 1.82) is 0 Å². The topological polar surface area (TPSA) is 12.4 Å². The third kappa shape index (κ3) is 2.66. The van der Waals surface area contributed by atoms with Crippen LogP contribution in [0.25, 0.3) is 0 Å². The van der Waals surface area contributed by atoms with Crippen LogP contribution in [0.3, 0.4) is 0 Å². The average Bonchev–Trinajstić information content (AvgIpc) is 2.98. The van der Waals surface area contributed by atoms with E-state index in [9.17, 15) is 0 Å². The summed E-state index contributed by atoms with van der Waals surface area (Å²) in [5.41, 5.74) is 2.83. The van der Waals surface area contributed by atoms with Crippen LogP contribution in [-0.2, 0) is 0 Å². The second-order valence-electron chi connectivity index (χ2n) is 11.3. The Morgan fingerprint density at radius 3 is 2.38 bits per heavy atom. The number of nitrogens with zero attached hydrogens (tertiary/aromatic N) is 1. The molecule has 0 aromatic rings. The molecule has 0 aromatic carbocycles. The lowest BCUT2D eigenvalue weighted by molar-refractivity contribution is -0.0936. The quantitative estimate of drug-likeness (QED) is 0.472.